The number of unbranched alkanes of at least 4 members (excludes halogenated alkanes) is 5. The SMILES string of the molecule is CCCCCCCC[C@@]1(O)C[C@](C)(C(=O)OC)C[C@]1(C)C(=O)OC. The van der Waals surface area contributed by atoms with Gasteiger partial charge in [0.2, 0.25) is 0 Å². The van der Waals surface area contributed by atoms with Crippen LogP contribution in [-0.4, -0.2) is 36.9 Å². The molecule has 3 atom stereocenters. The highest BCUT2D eigenvalue weighted by atomic mass is 16.5. The molecule has 1 rings (SSSR count). The molecule has 1 saturated carbocycles. The lowest BCUT2D eigenvalue weighted by Gasteiger charge is -2.37. The van der Waals surface area contributed by atoms with Gasteiger partial charge in [-0.1, -0.05) is 45.4 Å². The van der Waals surface area contributed by atoms with Crippen molar-refractivity contribution < 1.29 is 24.2 Å². The molecule has 0 bridgehead atoms. The number of hydrogen-bond donors (Lipinski definition) is 1. The molecule has 0 aliphatic heterocycles. The molecule has 0 radical (unpaired) electrons. The molecule has 1 aliphatic carbocycles. The van der Waals surface area contributed by atoms with Crippen LogP contribution in [0.5, 0.6) is 0 Å². The van der Waals surface area contributed by atoms with Gasteiger partial charge in [0.25, 0.3) is 0 Å². The molecule has 0 aromatic heterocycles. The average molecular weight is 342 g/mol. The Balaban J connectivity index is 2.86. The van der Waals surface area contributed by atoms with E-state index in [-0.39, 0.29) is 18.8 Å². The van der Waals surface area contributed by atoms with E-state index < -0.39 is 22.4 Å². The summed E-state index contributed by atoms with van der Waals surface area (Å²) >= 11 is 0. The molecule has 0 aromatic carbocycles. The van der Waals surface area contributed by atoms with Gasteiger partial charge < -0.3 is 14.6 Å². The number of aliphatic hydroxyl groups is 1. The molecule has 5 heteroatoms. The Hall–Kier alpha value is -1.10. The molecular formula is C19H34O5. The van der Waals surface area contributed by atoms with Gasteiger partial charge in [0.15, 0.2) is 0 Å². The Morgan fingerprint density at radius 1 is 0.917 bits per heavy atom. The standard InChI is InChI=1S/C19H34O5/c1-6-7-8-9-10-11-12-19(22)14-17(2,15(20)23-4)13-18(19,3)16(21)24-5/h22H,6-14H2,1-5H3/t17-,18-,19-/m1/s1. The first-order valence-electron chi connectivity index (χ1n) is 9.08. The summed E-state index contributed by atoms with van der Waals surface area (Å²) < 4.78 is 9.85. The van der Waals surface area contributed by atoms with Gasteiger partial charge in [0.1, 0.15) is 0 Å². The normalized spacial score (nSPS) is 32.6. The maximum absolute atomic E-state index is 12.4. The molecule has 0 unspecified atom stereocenters. The lowest BCUT2D eigenvalue weighted by molar-refractivity contribution is -0.167. The van der Waals surface area contributed by atoms with Crippen LogP contribution in [0.25, 0.3) is 0 Å². The summed E-state index contributed by atoms with van der Waals surface area (Å²) in [4.78, 5) is 24.6. The first kappa shape index (κ1) is 20.9. The zero-order chi connectivity index (χ0) is 18.4. The Morgan fingerprint density at radius 3 is 2.00 bits per heavy atom. The summed E-state index contributed by atoms with van der Waals surface area (Å²) in [6, 6.07) is 0. The van der Waals surface area contributed by atoms with Crippen molar-refractivity contribution in [2.45, 2.75) is 84.2 Å². The minimum Gasteiger partial charge on any atom is -0.469 e. The fraction of sp³-hybridized carbons (Fsp3) is 0.895. The zero-order valence-electron chi connectivity index (χ0n) is 15.9. The lowest BCUT2D eigenvalue weighted by atomic mass is 9.73. The van der Waals surface area contributed by atoms with Crippen molar-refractivity contribution in [3.8, 4) is 0 Å². The third kappa shape index (κ3) is 4.11. The van der Waals surface area contributed by atoms with Crippen molar-refractivity contribution in [2.24, 2.45) is 10.8 Å². The molecule has 1 fully saturated rings. The minimum atomic E-state index is -1.24. The fourth-order valence-corrected chi connectivity index (χ4v) is 4.29. The Bertz CT molecular complexity index is 449. The van der Waals surface area contributed by atoms with Crippen LogP contribution >= 0.6 is 0 Å². The molecule has 1 aliphatic rings. The molecular weight excluding hydrogens is 308 g/mol. The van der Waals surface area contributed by atoms with E-state index in [2.05, 4.69) is 6.92 Å². The van der Waals surface area contributed by atoms with E-state index in [0.29, 0.717) is 6.42 Å². The summed E-state index contributed by atoms with van der Waals surface area (Å²) in [5.41, 5.74) is -3.20. The van der Waals surface area contributed by atoms with Crippen molar-refractivity contribution in [1.82, 2.24) is 0 Å². The van der Waals surface area contributed by atoms with Crippen molar-refractivity contribution in [2.75, 3.05) is 14.2 Å². The van der Waals surface area contributed by atoms with Crippen LogP contribution < -0.4 is 0 Å². The number of esters is 2. The van der Waals surface area contributed by atoms with Crippen LogP contribution in [0.2, 0.25) is 0 Å². The van der Waals surface area contributed by atoms with Crippen LogP contribution in [0, 0.1) is 10.8 Å². The van der Waals surface area contributed by atoms with Gasteiger partial charge >= 0.3 is 11.9 Å². The van der Waals surface area contributed by atoms with E-state index in [4.69, 9.17) is 9.47 Å². The highest BCUT2D eigenvalue weighted by molar-refractivity contribution is 5.83. The molecule has 1 N–H and O–H groups in total. The van der Waals surface area contributed by atoms with Crippen molar-refractivity contribution in [3.05, 3.63) is 0 Å². The Morgan fingerprint density at radius 2 is 1.46 bits per heavy atom. The van der Waals surface area contributed by atoms with Crippen LogP contribution in [0.3, 0.4) is 0 Å². The van der Waals surface area contributed by atoms with Gasteiger partial charge in [-0.25, -0.2) is 0 Å². The van der Waals surface area contributed by atoms with Gasteiger partial charge in [-0.2, -0.15) is 0 Å². The predicted octanol–water partition coefficient (Wildman–Crippen LogP) is 3.62. The third-order valence-corrected chi connectivity index (χ3v) is 5.71. The second kappa shape index (κ2) is 8.32. The van der Waals surface area contributed by atoms with Gasteiger partial charge in [-0.05, 0) is 33.1 Å². The second-order valence-electron chi connectivity index (χ2n) is 7.78. The van der Waals surface area contributed by atoms with E-state index in [9.17, 15) is 14.7 Å². The van der Waals surface area contributed by atoms with Gasteiger partial charge in [-0.3, -0.25) is 9.59 Å². The summed E-state index contributed by atoms with van der Waals surface area (Å²) in [6.45, 7) is 5.65. The molecule has 5 nitrogen and oxygen atoms in total. The Labute approximate surface area is 146 Å². The van der Waals surface area contributed by atoms with Crippen molar-refractivity contribution >= 4 is 11.9 Å². The second-order valence-corrected chi connectivity index (χ2v) is 7.78. The monoisotopic (exact) mass is 342 g/mol. The fourth-order valence-electron chi connectivity index (χ4n) is 4.29. The van der Waals surface area contributed by atoms with Crippen LogP contribution in [0.1, 0.15) is 78.6 Å². The molecule has 0 amide bonds. The van der Waals surface area contributed by atoms with Gasteiger partial charge in [0, 0.05) is 0 Å². The van der Waals surface area contributed by atoms with E-state index in [1.165, 1.54) is 33.5 Å². The lowest BCUT2D eigenvalue weighted by Crippen LogP contribution is -2.47. The van der Waals surface area contributed by atoms with Crippen LogP contribution in [0.15, 0.2) is 0 Å². The molecule has 0 saturated heterocycles. The first-order chi connectivity index (χ1) is 11.2. The highest BCUT2D eigenvalue weighted by Crippen LogP contribution is 2.58. The van der Waals surface area contributed by atoms with Crippen molar-refractivity contribution in [1.29, 1.82) is 0 Å². The zero-order valence-corrected chi connectivity index (χ0v) is 15.9. The summed E-state index contributed by atoms with van der Waals surface area (Å²) in [5.74, 6) is -0.833. The van der Waals surface area contributed by atoms with E-state index >= 15 is 0 Å². The maximum atomic E-state index is 12.4. The van der Waals surface area contributed by atoms with Crippen LogP contribution in [-0.2, 0) is 19.1 Å². The van der Waals surface area contributed by atoms with Crippen LogP contribution in [0.4, 0.5) is 0 Å². The van der Waals surface area contributed by atoms with E-state index in [0.717, 1.165) is 19.3 Å². The molecule has 0 heterocycles. The smallest absolute Gasteiger partial charge is 0.314 e. The predicted molar refractivity (Wildman–Crippen MR) is 92.4 cm³/mol. The number of hydrogen-bond acceptors (Lipinski definition) is 5. The first-order valence-corrected chi connectivity index (χ1v) is 9.08. The summed E-state index contributed by atoms with van der Waals surface area (Å²) in [6.07, 6.45) is 7.58. The highest BCUT2D eigenvalue weighted by Gasteiger charge is 2.65. The van der Waals surface area contributed by atoms with E-state index in [1.807, 2.05) is 0 Å². The van der Waals surface area contributed by atoms with Gasteiger partial charge in [-0.15, -0.1) is 0 Å². The van der Waals surface area contributed by atoms with E-state index in [1.54, 1.807) is 13.8 Å². The molecule has 24 heavy (non-hydrogen) atoms. The quantitative estimate of drug-likeness (QED) is 0.512. The van der Waals surface area contributed by atoms with Crippen molar-refractivity contribution in [3.63, 3.8) is 0 Å². The molecule has 0 aromatic rings. The Kier molecular flexibility index (Phi) is 7.26. The minimum absolute atomic E-state index is 0.229. The molecule has 0 spiro atoms. The largest absolute Gasteiger partial charge is 0.469 e. The topological polar surface area (TPSA) is 72.8 Å². The number of carbonyl (C=O) groups excluding carboxylic acids is 2. The number of ether oxygens (including phenoxy) is 2. The number of methoxy groups -OCH3 is 2. The van der Waals surface area contributed by atoms with Gasteiger partial charge in [0.05, 0.1) is 30.7 Å². The number of rotatable bonds is 9. The average Bonchev–Trinajstić information content (AvgIpc) is 2.77. The molecule has 140 valence electrons. The summed E-state index contributed by atoms with van der Waals surface area (Å²) in [5, 5.41) is 11.3. The summed E-state index contributed by atoms with van der Waals surface area (Å²) in [7, 11) is 2.67. The maximum Gasteiger partial charge on any atom is 0.314 e. The third-order valence-electron chi connectivity index (χ3n) is 5.71. The number of carbonyl (C=O) groups is 2.